The summed E-state index contributed by atoms with van der Waals surface area (Å²) in [6.45, 7) is 3.23. The first kappa shape index (κ1) is 12.0. The van der Waals surface area contributed by atoms with Gasteiger partial charge in [0.05, 0.1) is 6.54 Å². The number of hydrogen-bond donors (Lipinski definition) is 1. The highest BCUT2D eigenvalue weighted by molar-refractivity contribution is 5.98. The van der Waals surface area contributed by atoms with Gasteiger partial charge in [-0.05, 0) is 31.1 Å². The van der Waals surface area contributed by atoms with Crippen molar-refractivity contribution >= 4 is 11.8 Å². The van der Waals surface area contributed by atoms with E-state index >= 15 is 0 Å². The van der Waals surface area contributed by atoms with Crippen molar-refractivity contribution in [2.45, 2.75) is 57.4 Å². The minimum atomic E-state index is -0.557. The van der Waals surface area contributed by atoms with E-state index in [0.29, 0.717) is 0 Å². The zero-order valence-corrected chi connectivity index (χ0v) is 11.1. The number of rotatable bonds is 2. The van der Waals surface area contributed by atoms with Crippen molar-refractivity contribution in [2.24, 2.45) is 5.41 Å². The Hall–Kier alpha value is -1.06. The van der Waals surface area contributed by atoms with E-state index in [2.05, 4.69) is 12.2 Å². The number of nitrogens with one attached hydrogen (secondary N) is 1. The predicted molar refractivity (Wildman–Crippen MR) is 67.9 cm³/mol. The quantitative estimate of drug-likeness (QED) is 0.806. The molecular weight excluding hydrogens is 228 g/mol. The fraction of sp³-hybridized carbons (Fsp3) is 0.857. The lowest BCUT2D eigenvalue weighted by molar-refractivity contribution is -0.152. The summed E-state index contributed by atoms with van der Waals surface area (Å²) < 4.78 is 0. The standard InChI is InChI=1S/C14H22N2O2/c1-13(7-8-13)10-16-9-11(17)15-14(12(16)18)5-3-2-4-6-14/h2-10H2,1H3,(H,15,17). The monoisotopic (exact) mass is 250 g/mol. The molecule has 0 atom stereocenters. The highest BCUT2D eigenvalue weighted by atomic mass is 16.2. The SMILES string of the molecule is CC1(CN2CC(=O)NC3(CCCCC3)C2=O)CC1. The highest BCUT2D eigenvalue weighted by Crippen LogP contribution is 2.46. The minimum absolute atomic E-state index is 0.0285. The van der Waals surface area contributed by atoms with Crippen LogP contribution in [-0.4, -0.2) is 35.3 Å². The van der Waals surface area contributed by atoms with Gasteiger partial charge in [-0.1, -0.05) is 26.2 Å². The zero-order valence-electron chi connectivity index (χ0n) is 11.1. The van der Waals surface area contributed by atoms with Crippen molar-refractivity contribution < 1.29 is 9.59 Å². The largest absolute Gasteiger partial charge is 0.340 e. The zero-order chi connectivity index (χ0) is 12.8. The molecule has 18 heavy (non-hydrogen) atoms. The van der Waals surface area contributed by atoms with Crippen LogP contribution in [0.5, 0.6) is 0 Å². The molecule has 0 aromatic carbocycles. The third-order valence-electron chi connectivity index (χ3n) is 4.79. The smallest absolute Gasteiger partial charge is 0.248 e. The predicted octanol–water partition coefficient (Wildman–Crippen LogP) is 1.45. The summed E-state index contributed by atoms with van der Waals surface area (Å²) in [6.07, 6.45) is 7.31. The van der Waals surface area contributed by atoms with Crippen LogP contribution in [0.4, 0.5) is 0 Å². The first-order chi connectivity index (χ1) is 8.53. The molecule has 3 aliphatic rings. The van der Waals surface area contributed by atoms with Crippen LogP contribution < -0.4 is 5.32 Å². The number of hydrogen-bond acceptors (Lipinski definition) is 2. The third-order valence-corrected chi connectivity index (χ3v) is 4.79. The molecule has 0 radical (unpaired) electrons. The Bertz CT molecular complexity index is 381. The van der Waals surface area contributed by atoms with Gasteiger partial charge in [0, 0.05) is 6.54 Å². The number of carbonyl (C=O) groups is 2. The maximum atomic E-state index is 12.7. The second-order valence-corrected chi connectivity index (χ2v) is 6.66. The molecule has 1 heterocycles. The van der Waals surface area contributed by atoms with Crippen LogP contribution in [-0.2, 0) is 9.59 Å². The molecule has 0 aromatic heterocycles. The number of carbonyl (C=O) groups excluding carboxylic acids is 2. The molecule has 4 nitrogen and oxygen atoms in total. The molecule has 0 bridgehead atoms. The Morgan fingerprint density at radius 3 is 2.39 bits per heavy atom. The van der Waals surface area contributed by atoms with E-state index in [1.807, 2.05) is 4.90 Å². The molecule has 2 aliphatic carbocycles. The number of amides is 2. The summed E-state index contributed by atoms with van der Waals surface area (Å²) in [7, 11) is 0. The van der Waals surface area contributed by atoms with Gasteiger partial charge in [-0.15, -0.1) is 0 Å². The van der Waals surface area contributed by atoms with Gasteiger partial charge in [0.25, 0.3) is 0 Å². The summed E-state index contributed by atoms with van der Waals surface area (Å²) in [5, 5.41) is 2.99. The summed E-state index contributed by atoms with van der Waals surface area (Å²) in [4.78, 5) is 26.4. The Balaban J connectivity index is 1.78. The van der Waals surface area contributed by atoms with Crippen molar-refractivity contribution in [2.75, 3.05) is 13.1 Å². The van der Waals surface area contributed by atoms with Gasteiger partial charge < -0.3 is 10.2 Å². The third kappa shape index (κ3) is 2.02. The molecule has 1 saturated heterocycles. The fourth-order valence-corrected chi connectivity index (χ4v) is 3.36. The average molecular weight is 250 g/mol. The average Bonchev–Trinajstić information content (AvgIpc) is 3.05. The lowest BCUT2D eigenvalue weighted by Gasteiger charge is -2.44. The first-order valence-electron chi connectivity index (χ1n) is 7.14. The summed E-state index contributed by atoms with van der Waals surface area (Å²) in [5.74, 6) is 0.204. The van der Waals surface area contributed by atoms with E-state index in [9.17, 15) is 9.59 Å². The van der Waals surface area contributed by atoms with Crippen LogP contribution in [0, 0.1) is 5.41 Å². The number of nitrogens with zero attached hydrogens (tertiary/aromatic N) is 1. The lowest BCUT2D eigenvalue weighted by atomic mass is 9.79. The second kappa shape index (κ2) is 3.97. The highest BCUT2D eigenvalue weighted by Gasteiger charge is 2.49. The van der Waals surface area contributed by atoms with Crippen LogP contribution >= 0.6 is 0 Å². The summed E-state index contributed by atoms with van der Waals surface area (Å²) >= 11 is 0. The van der Waals surface area contributed by atoms with Gasteiger partial charge in [0.15, 0.2) is 0 Å². The van der Waals surface area contributed by atoms with Crippen molar-refractivity contribution in [3.63, 3.8) is 0 Å². The van der Waals surface area contributed by atoms with Gasteiger partial charge in [-0.25, -0.2) is 0 Å². The molecule has 3 rings (SSSR count). The van der Waals surface area contributed by atoms with E-state index in [0.717, 1.165) is 32.2 Å². The first-order valence-corrected chi connectivity index (χ1v) is 7.14. The van der Waals surface area contributed by atoms with Gasteiger partial charge >= 0.3 is 0 Å². The van der Waals surface area contributed by atoms with Crippen LogP contribution in [0.1, 0.15) is 51.9 Å². The Labute approximate surface area is 108 Å². The van der Waals surface area contributed by atoms with Crippen LogP contribution in [0.25, 0.3) is 0 Å². The van der Waals surface area contributed by atoms with Crippen molar-refractivity contribution in [3.05, 3.63) is 0 Å². The van der Waals surface area contributed by atoms with Crippen molar-refractivity contribution in [1.29, 1.82) is 0 Å². The maximum absolute atomic E-state index is 12.7. The fourth-order valence-electron chi connectivity index (χ4n) is 3.36. The Morgan fingerprint density at radius 2 is 1.78 bits per heavy atom. The summed E-state index contributed by atoms with van der Waals surface area (Å²) in [5.41, 5.74) is -0.276. The van der Waals surface area contributed by atoms with Gasteiger partial charge in [-0.3, -0.25) is 9.59 Å². The van der Waals surface area contributed by atoms with Crippen molar-refractivity contribution in [3.8, 4) is 0 Å². The molecule has 1 aliphatic heterocycles. The molecule has 2 saturated carbocycles. The van der Waals surface area contributed by atoms with E-state index in [4.69, 9.17) is 0 Å². The topological polar surface area (TPSA) is 49.4 Å². The molecule has 0 aromatic rings. The van der Waals surface area contributed by atoms with Crippen LogP contribution in [0.2, 0.25) is 0 Å². The van der Waals surface area contributed by atoms with Gasteiger partial charge in [-0.2, -0.15) is 0 Å². The Morgan fingerprint density at radius 1 is 1.11 bits per heavy atom. The molecular formula is C14H22N2O2. The molecule has 0 unspecified atom stereocenters. The normalized spacial score (nSPS) is 29.3. The lowest BCUT2D eigenvalue weighted by Crippen LogP contribution is -2.67. The molecule has 3 fully saturated rings. The van der Waals surface area contributed by atoms with E-state index in [1.165, 1.54) is 19.3 Å². The van der Waals surface area contributed by atoms with Crippen molar-refractivity contribution in [1.82, 2.24) is 10.2 Å². The minimum Gasteiger partial charge on any atom is -0.340 e. The van der Waals surface area contributed by atoms with Crippen LogP contribution in [0.15, 0.2) is 0 Å². The Kier molecular flexibility index (Phi) is 2.65. The van der Waals surface area contributed by atoms with Gasteiger partial charge in [0.2, 0.25) is 11.8 Å². The molecule has 4 heteroatoms. The van der Waals surface area contributed by atoms with Crippen LogP contribution in [0.3, 0.4) is 0 Å². The molecule has 1 spiro atoms. The van der Waals surface area contributed by atoms with Gasteiger partial charge in [0.1, 0.15) is 5.54 Å². The molecule has 100 valence electrons. The summed E-state index contributed by atoms with van der Waals surface area (Å²) in [6, 6.07) is 0. The van der Waals surface area contributed by atoms with E-state index in [1.54, 1.807) is 0 Å². The second-order valence-electron chi connectivity index (χ2n) is 6.66. The maximum Gasteiger partial charge on any atom is 0.248 e. The molecule has 2 amide bonds. The number of piperazine rings is 1. The van der Waals surface area contributed by atoms with E-state index < -0.39 is 5.54 Å². The van der Waals surface area contributed by atoms with E-state index in [-0.39, 0.29) is 23.8 Å². The molecule has 1 N–H and O–H groups in total.